The number of hydrogen-bond donors (Lipinski definition) is 2. The number of aliphatic imine (C=N–C) groups is 1. The van der Waals surface area contributed by atoms with Crippen LogP contribution in [0.3, 0.4) is 0 Å². The Hall–Kier alpha value is -2.41. The molecule has 26 heavy (non-hydrogen) atoms. The van der Waals surface area contributed by atoms with Gasteiger partial charge in [0.15, 0.2) is 17.5 Å². The molecule has 7 heteroatoms. The van der Waals surface area contributed by atoms with Crippen molar-refractivity contribution in [3.05, 3.63) is 46.4 Å². The van der Waals surface area contributed by atoms with E-state index in [0.29, 0.717) is 30.6 Å². The van der Waals surface area contributed by atoms with Crippen molar-refractivity contribution >= 4 is 27.6 Å². The summed E-state index contributed by atoms with van der Waals surface area (Å²) >= 11 is 3.50. The van der Waals surface area contributed by atoms with E-state index in [9.17, 15) is 0 Å². The van der Waals surface area contributed by atoms with Crippen molar-refractivity contribution in [1.82, 2.24) is 5.32 Å². The van der Waals surface area contributed by atoms with Gasteiger partial charge in [-0.15, -0.1) is 0 Å². The van der Waals surface area contributed by atoms with Crippen LogP contribution in [0.25, 0.3) is 0 Å². The van der Waals surface area contributed by atoms with Crippen LogP contribution in [0.2, 0.25) is 0 Å². The zero-order valence-electron chi connectivity index (χ0n) is 15.4. The molecule has 0 radical (unpaired) electrons. The number of nitrogens with zero attached hydrogens (tertiary/aromatic N) is 1. The molecule has 0 saturated carbocycles. The van der Waals surface area contributed by atoms with Crippen LogP contribution in [0.1, 0.15) is 12.5 Å². The van der Waals surface area contributed by atoms with Gasteiger partial charge in [0.2, 0.25) is 0 Å². The lowest BCUT2D eigenvalue weighted by Crippen LogP contribution is -2.30. The molecule has 2 rings (SSSR count). The Balaban J connectivity index is 2.02. The molecule has 0 aliphatic rings. The van der Waals surface area contributed by atoms with E-state index in [4.69, 9.17) is 14.2 Å². The van der Waals surface area contributed by atoms with Crippen molar-refractivity contribution in [2.75, 3.05) is 33.2 Å². The molecule has 0 spiro atoms. The molecule has 0 aliphatic heterocycles. The molecule has 0 saturated heterocycles. The highest BCUT2D eigenvalue weighted by molar-refractivity contribution is 9.10. The maximum atomic E-state index is 5.54. The van der Waals surface area contributed by atoms with E-state index in [2.05, 4.69) is 31.6 Å². The fraction of sp³-hybridized carbons (Fsp3) is 0.316. The zero-order chi connectivity index (χ0) is 18.9. The molecule has 0 aliphatic carbocycles. The summed E-state index contributed by atoms with van der Waals surface area (Å²) in [7, 11) is 5.00. The van der Waals surface area contributed by atoms with Crippen molar-refractivity contribution in [1.29, 1.82) is 0 Å². The number of halogens is 1. The Bertz CT molecular complexity index is 766. The lowest BCUT2D eigenvalue weighted by atomic mass is 10.2. The number of rotatable bonds is 7. The quantitative estimate of drug-likeness (QED) is 0.521. The first-order chi connectivity index (χ1) is 12.6. The van der Waals surface area contributed by atoms with Gasteiger partial charge in [-0.1, -0.05) is 6.07 Å². The van der Waals surface area contributed by atoms with E-state index in [0.717, 1.165) is 21.5 Å². The Morgan fingerprint density at radius 2 is 1.77 bits per heavy atom. The molecule has 0 fully saturated rings. The van der Waals surface area contributed by atoms with Crippen molar-refractivity contribution in [3.8, 4) is 17.2 Å². The second-order valence-corrected chi connectivity index (χ2v) is 6.17. The molecule has 2 aromatic rings. The molecule has 0 amide bonds. The summed E-state index contributed by atoms with van der Waals surface area (Å²) in [6.45, 7) is 3.15. The van der Waals surface area contributed by atoms with Gasteiger partial charge in [-0.05, 0) is 52.7 Å². The van der Waals surface area contributed by atoms with Gasteiger partial charge in [-0.2, -0.15) is 0 Å². The van der Waals surface area contributed by atoms with Gasteiger partial charge in [-0.25, -0.2) is 0 Å². The predicted octanol–water partition coefficient (Wildman–Crippen LogP) is 4.05. The van der Waals surface area contributed by atoms with Crippen molar-refractivity contribution < 1.29 is 14.2 Å². The first kappa shape index (κ1) is 19.9. The van der Waals surface area contributed by atoms with Gasteiger partial charge in [0.05, 0.1) is 25.3 Å². The SMILES string of the molecule is CCOc1ccc(NC(=NC)NCc2ccc(OC)c(Br)c2)cc1OC. The summed E-state index contributed by atoms with van der Waals surface area (Å²) < 4.78 is 17.1. The van der Waals surface area contributed by atoms with E-state index in [1.165, 1.54) is 0 Å². The highest BCUT2D eigenvalue weighted by atomic mass is 79.9. The van der Waals surface area contributed by atoms with Crippen molar-refractivity contribution in [3.63, 3.8) is 0 Å². The van der Waals surface area contributed by atoms with Gasteiger partial charge in [0.25, 0.3) is 0 Å². The molecule has 0 unspecified atom stereocenters. The molecule has 140 valence electrons. The summed E-state index contributed by atoms with van der Waals surface area (Å²) in [4.78, 5) is 4.25. The van der Waals surface area contributed by atoms with Crippen molar-refractivity contribution in [2.24, 2.45) is 4.99 Å². The van der Waals surface area contributed by atoms with E-state index < -0.39 is 0 Å². The van der Waals surface area contributed by atoms with E-state index in [-0.39, 0.29) is 0 Å². The normalized spacial score (nSPS) is 11.0. The number of guanidine groups is 1. The lowest BCUT2D eigenvalue weighted by molar-refractivity contribution is 0.311. The minimum Gasteiger partial charge on any atom is -0.496 e. The first-order valence-corrected chi connectivity index (χ1v) is 9.01. The molecule has 0 bridgehead atoms. The van der Waals surface area contributed by atoms with E-state index >= 15 is 0 Å². The molecule has 0 heterocycles. The highest BCUT2D eigenvalue weighted by Gasteiger charge is 2.07. The molecule has 0 aromatic heterocycles. The number of benzene rings is 2. The van der Waals surface area contributed by atoms with Crippen molar-refractivity contribution in [2.45, 2.75) is 13.5 Å². The fourth-order valence-electron chi connectivity index (χ4n) is 2.34. The largest absolute Gasteiger partial charge is 0.496 e. The van der Waals surface area contributed by atoms with Gasteiger partial charge >= 0.3 is 0 Å². The Morgan fingerprint density at radius 3 is 2.38 bits per heavy atom. The first-order valence-electron chi connectivity index (χ1n) is 8.22. The third-order valence-electron chi connectivity index (χ3n) is 3.63. The molecular formula is C19H24BrN3O3. The average Bonchev–Trinajstić information content (AvgIpc) is 2.66. The van der Waals surface area contributed by atoms with Crippen LogP contribution in [0.15, 0.2) is 45.9 Å². The monoisotopic (exact) mass is 421 g/mol. The minimum absolute atomic E-state index is 0.587. The Kier molecular flexibility index (Phi) is 7.59. The summed E-state index contributed by atoms with van der Waals surface area (Å²) in [5.74, 6) is 2.85. The maximum absolute atomic E-state index is 5.54. The van der Waals surface area contributed by atoms with Gasteiger partial charge in [0.1, 0.15) is 5.75 Å². The van der Waals surface area contributed by atoms with Crippen LogP contribution in [0.4, 0.5) is 5.69 Å². The van der Waals surface area contributed by atoms with Crippen LogP contribution in [-0.4, -0.2) is 33.8 Å². The topological polar surface area (TPSA) is 64.1 Å². The second kappa shape index (κ2) is 9.91. The van der Waals surface area contributed by atoms with E-state index in [1.807, 2.05) is 43.3 Å². The van der Waals surface area contributed by atoms with Crippen LogP contribution in [0.5, 0.6) is 17.2 Å². The van der Waals surface area contributed by atoms with Crippen LogP contribution < -0.4 is 24.8 Å². The lowest BCUT2D eigenvalue weighted by Gasteiger charge is -2.15. The standard InChI is InChI=1S/C19H24BrN3O3/c1-5-26-17-9-7-14(11-18(17)25-4)23-19(21-2)22-12-13-6-8-16(24-3)15(20)10-13/h6-11H,5,12H2,1-4H3,(H2,21,22,23). The average molecular weight is 422 g/mol. The number of hydrogen-bond acceptors (Lipinski definition) is 4. The van der Waals surface area contributed by atoms with Gasteiger partial charge in [-0.3, -0.25) is 4.99 Å². The minimum atomic E-state index is 0.587. The van der Waals surface area contributed by atoms with Crippen LogP contribution in [0, 0.1) is 0 Å². The molecule has 2 aromatic carbocycles. The molecule has 6 nitrogen and oxygen atoms in total. The molecule has 2 N–H and O–H groups in total. The number of nitrogens with one attached hydrogen (secondary N) is 2. The zero-order valence-corrected chi connectivity index (χ0v) is 17.0. The number of ether oxygens (including phenoxy) is 3. The molecular weight excluding hydrogens is 398 g/mol. The summed E-state index contributed by atoms with van der Waals surface area (Å²) in [5, 5.41) is 6.53. The van der Waals surface area contributed by atoms with Gasteiger partial charge in [0, 0.05) is 25.3 Å². The second-order valence-electron chi connectivity index (χ2n) is 5.32. The molecule has 0 atom stereocenters. The number of methoxy groups -OCH3 is 2. The predicted molar refractivity (Wildman–Crippen MR) is 109 cm³/mol. The third-order valence-corrected chi connectivity index (χ3v) is 4.25. The number of anilines is 1. The van der Waals surface area contributed by atoms with E-state index in [1.54, 1.807) is 21.3 Å². The summed E-state index contributed by atoms with van der Waals surface area (Å²) in [6, 6.07) is 11.6. The summed E-state index contributed by atoms with van der Waals surface area (Å²) in [6.07, 6.45) is 0. The maximum Gasteiger partial charge on any atom is 0.195 e. The Morgan fingerprint density at radius 1 is 1.04 bits per heavy atom. The highest BCUT2D eigenvalue weighted by Crippen LogP contribution is 2.30. The summed E-state index contributed by atoms with van der Waals surface area (Å²) in [5.41, 5.74) is 1.96. The van der Waals surface area contributed by atoms with Crippen LogP contribution in [-0.2, 0) is 6.54 Å². The Labute approximate surface area is 162 Å². The van der Waals surface area contributed by atoms with Crippen LogP contribution >= 0.6 is 15.9 Å². The van der Waals surface area contributed by atoms with Gasteiger partial charge < -0.3 is 24.8 Å². The smallest absolute Gasteiger partial charge is 0.195 e. The third kappa shape index (κ3) is 5.29. The fourth-order valence-corrected chi connectivity index (χ4v) is 2.93.